The summed E-state index contributed by atoms with van der Waals surface area (Å²) in [5, 5.41) is 14.1. The van der Waals surface area contributed by atoms with Crippen LogP contribution in [0.1, 0.15) is 36.3 Å². The molecule has 1 amide bonds. The quantitative estimate of drug-likeness (QED) is 0.824. The van der Waals surface area contributed by atoms with Crippen molar-refractivity contribution in [3.63, 3.8) is 0 Å². The first-order chi connectivity index (χ1) is 7.56. The molecule has 0 bridgehead atoms. The zero-order chi connectivity index (χ0) is 12.1. The van der Waals surface area contributed by atoms with Crippen molar-refractivity contribution >= 4 is 17.4 Å². The predicted octanol–water partition coefficient (Wildman–Crippen LogP) is 1.59. The molecule has 0 aliphatic carbocycles. The molecule has 5 heteroatoms. The Morgan fingerprint density at radius 1 is 1.69 bits per heavy atom. The first-order valence-corrected chi connectivity index (χ1v) is 6.27. The molecule has 4 nitrogen and oxygen atoms in total. The van der Waals surface area contributed by atoms with E-state index in [9.17, 15) is 9.90 Å². The van der Waals surface area contributed by atoms with Crippen LogP contribution in [0.25, 0.3) is 0 Å². The molecule has 0 aromatic carbocycles. The second-order valence-corrected chi connectivity index (χ2v) is 4.61. The Bertz CT molecular complexity index is 352. The maximum atomic E-state index is 11.7. The summed E-state index contributed by atoms with van der Waals surface area (Å²) < 4.78 is 4.03. The van der Waals surface area contributed by atoms with E-state index in [4.69, 9.17) is 0 Å². The number of nitrogens with one attached hydrogen (secondary N) is 1. The Morgan fingerprint density at radius 2 is 2.38 bits per heavy atom. The fraction of sp³-hybridized carbons (Fsp3) is 0.636. The van der Waals surface area contributed by atoms with Crippen LogP contribution in [0.5, 0.6) is 0 Å². The number of aliphatic hydroxyl groups excluding tert-OH is 1. The zero-order valence-electron chi connectivity index (χ0n) is 9.86. The number of aromatic nitrogens is 1. The molecule has 2 unspecified atom stereocenters. The van der Waals surface area contributed by atoms with Gasteiger partial charge in [0, 0.05) is 11.9 Å². The molecule has 1 aromatic heterocycles. The standard InChI is InChI=1S/C11H18N2O2S/c1-4-7(2)10(14)5-12-11(15)9-6-16-13-8(9)3/h6-7,10,14H,4-5H2,1-3H3,(H,12,15). The van der Waals surface area contributed by atoms with E-state index in [1.165, 1.54) is 11.5 Å². The fourth-order valence-electron chi connectivity index (χ4n) is 1.28. The number of rotatable bonds is 5. The highest BCUT2D eigenvalue weighted by atomic mass is 32.1. The van der Waals surface area contributed by atoms with E-state index >= 15 is 0 Å². The van der Waals surface area contributed by atoms with Crippen molar-refractivity contribution in [2.45, 2.75) is 33.3 Å². The molecule has 0 fully saturated rings. The number of hydrogen-bond acceptors (Lipinski definition) is 4. The number of carbonyl (C=O) groups is 1. The summed E-state index contributed by atoms with van der Waals surface area (Å²) in [5.41, 5.74) is 1.34. The highest BCUT2D eigenvalue weighted by Gasteiger charge is 2.15. The van der Waals surface area contributed by atoms with E-state index in [2.05, 4.69) is 9.69 Å². The molecule has 0 radical (unpaired) electrons. The lowest BCUT2D eigenvalue weighted by Crippen LogP contribution is -2.35. The maximum absolute atomic E-state index is 11.7. The lowest BCUT2D eigenvalue weighted by atomic mass is 10.0. The minimum Gasteiger partial charge on any atom is -0.391 e. The van der Waals surface area contributed by atoms with Gasteiger partial charge in [-0.2, -0.15) is 4.37 Å². The Morgan fingerprint density at radius 3 is 2.88 bits per heavy atom. The van der Waals surface area contributed by atoms with E-state index in [1.807, 2.05) is 13.8 Å². The second kappa shape index (κ2) is 5.96. The van der Waals surface area contributed by atoms with Crippen molar-refractivity contribution < 1.29 is 9.90 Å². The summed E-state index contributed by atoms with van der Waals surface area (Å²) in [6, 6.07) is 0. The molecule has 0 saturated carbocycles. The first kappa shape index (κ1) is 13.1. The highest BCUT2D eigenvalue weighted by Crippen LogP contribution is 2.10. The van der Waals surface area contributed by atoms with E-state index in [-0.39, 0.29) is 11.8 Å². The molecular weight excluding hydrogens is 224 g/mol. The average molecular weight is 242 g/mol. The van der Waals surface area contributed by atoms with Crippen LogP contribution in [-0.4, -0.2) is 28.0 Å². The molecule has 1 aromatic rings. The number of aliphatic hydroxyl groups is 1. The lowest BCUT2D eigenvalue weighted by molar-refractivity contribution is 0.0850. The topological polar surface area (TPSA) is 62.2 Å². The fourth-order valence-corrected chi connectivity index (χ4v) is 1.97. The van der Waals surface area contributed by atoms with Gasteiger partial charge in [0.15, 0.2) is 0 Å². The average Bonchev–Trinajstić information content (AvgIpc) is 2.70. The van der Waals surface area contributed by atoms with Crippen LogP contribution in [-0.2, 0) is 0 Å². The third-order valence-electron chi connectivity index (χ3n) is 2.77. The van der Waals surface area contributed by atoms with E-state index in [0.29, 0.717) is 12.1 Å². The van der Waals surface area contributed by atoms with E-state index < -0.39 is 6.10 Å². The second-order valence-electron chi connectivity index (χ2n) is 3.98. The number of nitrogens with zero attached hydrogens (tertiary/aromatic N) is 1. The summed E-state index contributed by atoms with van der Waals surface area (Å²) in [7, 11) is 0. The van der Waals surface area contributed by atoms with Crippen LogP contribution in [0.3, 0.4) is 0 Å². The Kier molecular flexibility index (Phi) is 4.89. The van der Waals surface area contributed by atoms with Crippen LogP contribution >= 0.6 is 11.5 Å². The van der Waals surface area contributed by atoms with E-state index in [0.717, 1.165) is 12.1 Å². The minimum atomic E-state index is -0.485. The molecule has 1 rings (SSSR count). The van der Waals surface area contributed by atoms with Gasteiger partial charge in [-0.3, -0.25) is 4.79 Å². The van der Waals surface area contributed by atoms with Crippen LogP contribution in [0.2, 0.25) is 0 Å². The maximum Gasteiger partial charge on any atom is 0.254 e. The van der Waals surface area contributed by atoms with Gasteiger partial charge in [0.25, 0.3) is 5.91 Å². The van der Waals surface area contributed by atoms with Gasteiger partial charge in [-0.1, -0.05) is 20.3 Å². The summed E-state index contributed by atoms with van der Waals surface area (Å²) in [4.78, 5) is 11.7. The molecule has 2 atom stereocenters. The van der Waals surface area contributed by atoms with Crippen LogP contribution in [0.15, 0.2) is 5.38 Å². The van der Waals surface area contributed by atoms with Gasteiger partial charge in [-0.05, 0) is 24.4 Å². The predicted molar refractivity (Wildman–Crippen MR) is 64.6 cm³/mol. The molecule has 90 valence electrons. The van der Waals surface area contributed by atoms with Gasteiger partial charge in [0.05, 0.1) is 17.4 Å². The normalized spacial score (nSPS) is 14.5. The van der Waals surface area contributed by atoms with E-state index in [1.54, 1.807) is 12.3 Å². The summed E-state index contributed by atoms with van der Waals surface area (Å²) in [6.45, 7) is 6.08. The van der Waals surface area contributed by atoms with Gasteiger partial charge < -0.3 is 10.4 Å². The van der Waals surface area contributed by atoms with Gasteiger partial charge in [0.2, 0.25) is 0 Å². The molecule has 0 aliphatic rings. The van der Waals surface area contributed by atoms with Crippen LogP contribution in [0, 0.1) is 12.8 Å². The number of amides is 1. The summed E-state index contributed by atoms with van der Waals surface area (Å²) >= 11 is 1.27. The summed E-state index contributed by atoms with van der Waals surface area (Å²) in [5.74, 6) is 0.0376. The zero-order valence-corrected chi connectivity index (χ0v) is 10.7. The SMILES string of the molecule is CCC(C)C(O)CNC(=O)c1csnc1C. The van der Waals surface area contributed by atoms with Crippen molar-refractivity contribution in [1.82, 2.24) is 9.69 Å². The van der Waals surface area contributed by atoms with Crippen molar-refractivity contribution in [3.05, 3.63) is 16.6 Å². The molecule has 1 heterocycles. The van der Waals surface area contributed by atoms with Crippen molar-refractivity contribution in [3.8, 4) is 0 Å². The molecule has 16 heavy (non-hydrogen) atoms. The van der Waals surface area contributed by atoms with Crippen molar-refractivity contribution in [2.24, 2.45) is 5.92 Å². The van der Waals surface area contributed by atoms with Gasteiger partial charge in [-0.15, -0.1) is 0 Å². The monoisotopic (exact) mass is 242 g/mol. The lowest BCUT2D eigenvalue weighted by Gasteiger charge is -2.17. The summed E-state index contributed by atoms with van der Waals surface area (Å²) in [6.07, 6.45) is 0.414. The molecule has 0 saturated heterocycles. The minimum absolute atomic E-state index is 0.159. The Balaban J connectivity index is 2.45. The third kappa shape index (κ3) is 3.28. The molecule has 2 N–H and O–H groups in total. The largest absolute Gasteiger partial charge is 0.391 e. The van der Waals surface area contributed by atoms with Gasteiger partial charge in [0.1, 0.15) is 0 Å². The molecular formula is C11H18N2O2S. The van der Waals surface area contributed by atoms with Gasteiger partial charge in [-0.25, -0.2) is 0 Å². The van der Waals surface area contributed by atoms with Crippen LogP contribution in [0.4, 0.5) is 0 Å². The first-order valence-electron chi connectivity index (χ1n) is 5.43. The molecule has 0 spiro atoms. The highest BCUT2D eigenvalue weighted by molar-refractivity contribution is 7.03. The smallest absolute Gasteiger partial charge is 0.254 e. The third-order valence-corrected chi connectivity index (χ3v) is 3.49. The molecule has 0 aliphatic heterocycles. The number of hydrogen-bond donors (Lipinski definition) is 2. The van der Waals surface area contributed by atoms with Crippen molar-refractivity contribution in [2.75, 3.05) is 6.54 Å². The number of carbonyl (C=O) groups excluding carboxylic acids is 1. The van der Waals surface area contributed by atoms with Gasteiger partial charge >= 0.3 is 0 Å². The number of aryl methyl sites for hydroxylation is 1. The van der Waals surface area contributed by atoms with Crippen molar-refractivity contribution in [1.29, 1.82) is 0 Å². The van der Waals surface area contributed by atoms with Crippen LogP contribution < -0.4 is 5.32 Å². The Labute approximate surface area is 99.9 Å². The Hall–Kier alpha value is -0.940.